The first-order chi connectivity index (χ1) is 15.4. The zero-order valence-corrected chi connectivity index (χ0v) is 22.5. The maximum absolute atomic E-state index is 11.1. The summed E-state index contributed by atoms with van der Waals surface area (Å²) in [5, 5.41) is 18.8. The van der Waals surface area contributed by atoms with Crippen LogP contribution in [0.4, 0.5) is 0 Å². The van der Waals surface area contributed by atoms with Crippen LogP contribution in [0.2, 0.25) is 0 Å². The Labute approximate surface area is 203 Å². The van der Waals surface area contributed by atoms with E-state index in [4.69, 9.17) is 5.11 Å². The van der Waals surface area contributed by atoms with Gasteiger partial charge in [-0.3, -0.25) is 0 Å². The highest BCUT2D eigenvalue weighted by Crippen LogP contribution is 2.74. The van der Waals surface area contributed by atoms with Crippen molar-refractivity contribution < 1.29 is 15.0 Å². The predicted molar refractivity (Wildman–Crippen MR) is 137 cm³/mol. The van der Waals surface area contributed by atoms with Gasteiger partial charge in [0.25, 0.3) is 0 Å². The molecule has 3 aliphatic rings. The van der Waals surface area contributed by atoms with Gasteiger partial charge in [-0.2, -0.15) is 0 Å². The molecule has 0 aliphatic heterocycles. The monoisotopic (exact) mass is 458 g/mol. The summed E-state index contributed by atoms with van der Waals surface area (Å²) in [7, 11) is 0. The van der Waals surface area contributed by atoms with Crippen molar-refractivity contribution in [1.82, 2.24) is 0 Å². The highest BCUT2D eigenvalue weighted by molar-refractivity contribution is 5.85. The molecule has 3 nitrogen and oxygen atoms in total. The number of hydrogen-bond donors (Lipinski definition) is 2. The van der Waals surface area contributed by atoms with Crippen LogP contribution in [0, 0.1) is 39.9 Å². The molecule has 3 rings (SSSR count). The van der Waals surface area contributed by atoms with Crippen LogP contribution in [0.5, 0.6) is 0 Å². The van der Waals surface area contributed by atoms with E-state index in [1.165, 1.54) is 44.1 Å². The maximum atomic E-state index is 11.1. The minimum absolute atomic E-state index is 0.303. The molecule has 7 atom stereocenters. The number of allylic oxidation sites excluding steroid dienone is 3. The lowest BCUT2D eigenvalue weighted by Crippen LogP contribution is -2.57. The lowest BCUT2D eigenvalue weighted by Gasteiger charge is -2.65. The van der Waals surface area contributed by atoms with Crippen molar-refractivity contribution in [1.29, 1.82) is 0 Å². The topological polar surface area (TPSA) is 57.5 Å². The van der Waals surface area contributed by atoms with Crippen molar-refractivity contribution in [3.63, 3.8) is 0 Å². The first-order valence-electron chi connectivity index (χ1n) is 13.6. The molecule has 3 saturated carbocycles. The average molecular weight is 459 g/mol. The van der Waals surface area contributed by atoms with Crippen LogP contribution in [0.3, 0.4) is 0 Å². The van der Waals surface area contributed by atoms with Crippen LogP contribution in [0.15, 0.2) is 22.8 Å². The van der Waals surface area contributed by atoms with Gasteiger partial charge in [-0.1, -0.05) is 44.9 Å². The van der Waals surface area contributed by atoms with Crippen LogP contribution >= 0.6 is 0 Å². The minimum Gasteiger partial charge on any atom is -0.478 e. The molecule has 0 bridgehead atoms. The van der Waals surface area contributed by atoms with Gasteiger partial charge in [0.05, 0.1) is 0 Å². The number of fused-ring (bicyclic) bond motifs is 3. The van der Waals surface area contributed by atoms with Crippen molar-refractivity contribution in [2.75, 3.05) is 6.61 Å². The lowest BCUT2D eigenvalue weighted by atomic mass is 9.40. The fourth-order valence-corrected chi connectivity index (χ4v) is 9.06. The zero-order valence-electron chi connectivity index (χ0n) is 22.5. The first kappa shape index (κ1) is 26.5. The van der Waals surface area contributed by atoms with E-state index in [1.807, 2.05) is 6.08 Å². The highest BCUT2D eigenvalue weighted by atomic mass is 16.4. The molecule has 0 heterocycles. The third kappa shape index (κ3) is 4.48. The van der Waals surface area contributed by atoms with Gasteiger partial charge in [-0.05, 0) is 125 Å². The van der Waals surface area contributed by atoms with E-state index in [9.17, 15) is 9.90 Å². The Hall–Kier alpha value is -1.09. The smallest absolute Gasteiger partial charge is 0.330 e. The maximum Gasteiger partial charge on any atom is 0.330 e. The van der Waals surface area contributed by atoms with E-state index in [2.05, 4.69) is 41.5 Å². The molecular formula is C30H50O3. The summed E-state index contributed by atoms with van der Waals surface area (Å²) >= 11 is 0. The van der Waals surface area contributed by atoms with Gasteiger partial charge in [0.2, 0.25) is 0 Å². The fraction of sp³-hybridized carbons (Fsp3) is 0.833. The van der Waals surface area contributed by atoms with Gasteiger partial charge in [-0.25, -0.2) is 4.79 Å². The molecule has 3 heteroatoms. The van der Waals surface area contributed by atoms with E-state index < -0.39 is 5.97 Å². The molecule has 3 fully saturated rings. The van der Waals surface area contributed by atoms with Crippen molar-refractivity contribution in [2.45, 2.75) is 113 Å². The third-order valence-corrected chi connectivity index (χ3v) is 11.2. The van der Waals surface area contributed by atoms with Gasteiger partial charge < -0.3 is 10.2 Å². The summed E-state index contributed by atoms with van der Waals surface area (Å²) in [4.78, 5) is 11.1. The number of aliphatic carboxylic acids is 1. The Morgan fingerprint density at radius 3 is 2.39 bits per heavy atom. The molecule has 0 aromatic heterocycles. The molecular weight excluding hydrogens is 408 g/mol. The third-order valence-electron chi connectivity index (χ3n) is 11.2. The van der Waals surface area contributed by atoms with Crippen LogP contribution in [-0.2, 0) is 4.79 Å². The van der Waals surface area contributed by atoms with E-state index in [-0.39, 0.29) is 0 Å². The second-order valence-electron chi connectivity index (χ2n) is 12.8. The zero-order chi connectivity index (χ0) is 24.6. The van der Waals surface area contributed by atoms with E-state index >= 15 is 0 Å². The number of rotatable bonds is 8. The Morgan fingerprint density at radius 2 is 1.79 bits per heavy atom. The van der Waals surface area contributed by atoms with Gasteiger partial charge in [0.1, 0.15) is 0 Å². The van der Waals surface area contributed by atoms with Crippen LogP contribution < -0.4 is 0 Å². The van der Waals surface area contributed by atoms with E-state index in [0.717, 1.165) is 37.5 Å². The average Bonchev–Trinajstić information content (AvgIpc) is 3.03. The SMILES string of the molecule is CC(=CCCC(C)C1CCC2(C)C3CCC(=C(C)C)C(CCCO)C3(C)CCC12C)C(=O)O. The van der Waals surface area contributed by atoms with Gasteiger partial charge in [0, 0.05) is 12.2 Å². The second-order valence-corrected chi connectivity index (χ2v) is 12.8. The first-order valence-corrected chi connectivity index (χ1v) is 13.6. The van der Waals surface area contributed by atoms with E-state index in [0.29, 0.717) is 40.3 Å². The summed E-state index contributed by atoms with van der Waals surface area (Å²) in [5.74, 6) is 1.93. The fourth-order valence-electron chi connectivity index (χ4n) is 9.06. The summed E-state index contributed by atoms with van der Waals surface area (Å²) in [6.07, 6.45) is 13.7. The van der Waals surface area contributed by atoms with Gasteiger partial charge >= 0.3 is 5.97 Å². The molecule has 3 aliphatic carbocycles. The molecule has 7 unspecified atom stereocenters. The van der Waals surface area contributed by atoms with E-state index in [1.54, 1.807) is 12.5 Å². The van der Waals surface area contributed by atoms with Gasteiger partial charge in [-0.15, -0.1) is 0 Å². The predicted octanol–water partition coefficient (Wildman–Crippen LogP) is 7.79. The molecule has 0 radical (unpaired) electrons. The number of carbonyl (C=O) groups is 1. The molecule has 0 aromatic carbocycles. The number of carboxylic acid groups (broad SMARTS) is 1. The number of aliphatic hydroxyl groups is 1. The summed E-state index contributed by atoms with van der Waals surface area (Å²) in [5.41, 5.74) is 4.76. The number of aliphatic hydroxyl groups excluding tert-OH is 1. The second kappa shape index (κ2) is 9.88. The standard InChI is InChI=1S/C30H50O3/c1-20(2)23-13-14-26-28(5,25(23)12-9-19-31)17-18-29(6)24(15-16-30(26,29)7)21(3)10-8-11-22(4)27(32)33/h11,21,24-26,31H,8-10,12-19H2,1-7H3,(H,32,33). The Morgan fingerprint density at radius 1 is 1.09 bits per heavy atom. The van der Waals surface area contributed by atoms with Crippen LogP contribution in [-0.4, -0.2) is 22.8 Å². The normalized spacial score (nSPS) is 39.7. The van der Waals surface area contributed by atoms with Crippen molar-refractivity contribution in [3.8, 4) is 0 Å². The van der Waals surface area contributed by atoms with Crippen molar-refractivity contribution in [3.05, 3.63) is 22.8 Å². The van der Waals surface area contributed by atoms with Crippen molar-refractivity contribution >= 4 is 5.97 Å². The Bertz CT molecular complexity index is 790. The highest BCUT2D eigenvalue weighted by Gasteiger charge is 2.66. The largest absolute Gasteiger partial charge is 0.478 e. The molecule has 33 heavy (non-hydrogen) atoms. The number of hydrogen-bond acceptors (Lipinski definition) is 2. The lowest BCUT2D eigenvalue weighted by molar-refractivity contribution is -0.144. The molecule has 0 aromatic rings. The van der Waals surface area contributed by atoms with Gasteiger partial charge in [0.15, 0.2) is 0 Å². The van der Waals surface area contributed by atoms with Crippen LogP contribution in [0.25, 0.3) is 0 Å². The molecule has 188 valence electrons. The summed E-state index contributed by atoms with van der Waals surface area (Å²) in [6.45, 7) is 16.9. The van der Waals surface area contributed by atoms with Crippen LogP contribution in [0.1, 0.15) is 113 Å². The molecule has 0 saturated heterocycles. The quantitative estimate of drug-likeness (QED) is 0.288. The van der Waals surface area contributed by atoms with Crippen molar-refractivity contribution in [2.24, 2.45) is 39.9 Å². The molecule has 0 amide bonds. The summed E-state index contributed by atoms with van der Waals surface area (Å²) < 4.78 is 0. The Balaban J connectivity index is 1.84. The Kier molecular flexibility index (Phi) is 7.94. The summed E-state index contributed by atoms with van der Waals surface area (Å²) in [6, 6.07) is 0. The molecule has 0 spiro atoms. The minimum atomic E-state index is -0.793. The number of carboxylic acids is 1. The molecule has 2 N–H and O–H groups in total.